The second kappa shape index (κ2) is 5.69. The summed E-state index contributed by atoms with van der Waals surface area (Å²) in [6, 6.07) is 5.37. The van der Waals surface area contributed by atoms with Crippen LogP contribution in [0.25, 0.3) is 0 Å². The maximum absolute atomic E-state index is 6.08. The van der Waals surface area contributed by atoms with E-state index in [1.807, 2.05) is 12.3 Å². The molecule has 2 aromatic rings. The topological polar surface area (TPSA) is 29.6 Å². The molecule has 0 radical (unpaired) electrons. The van der Waals surface area contributed by atoms with Crippen molar-refractivity contribution in [3.8, 4) is 0 Å². The first-order valence-electron chi connectivity index (χ1n) is 5.22. The molecule has 2 rings (SSSR count). The number of thiazole rings is 1. The lowest BCUT2D eigenvalue weighted by Gasteiger charge is -2.01. The van der Waals surface area contributed by atoms with Gasteiger partial charge in [0.05, 0.1) is 22.0 Å². The van der Waals surface area contributed by atoms with E-state index in [-0.39, 0.29) is 0 Å². The molecule has 0 saturated carbocycles. The molecular formula is C12H11Cl2N3S. The highest BCUT2D eigenvalue weighted by Crippen LogP contribution is 2.22. The van der Waals surface area contributed by atoms with Crippen molar-refractivity contribution in [2.45, 2.75) is 6.92 Å². The number of halogens is 2. The Bertz CT molecular complexity index is 635. The number of aryl methyl sites for hydroxylation is 1. The summed E-state index contributed by atoms with van der Waals surface area (Å²) >= 11 is 13.7. The van der Waals surface area contributed by atoms with Crippen LogP contribution in [0.4, 0.5) is 0 Å². The molecule has 0 aliphatic heterocycles. The van der Waals surface area contributed by atoms with Crippen LogP contribution in [-0.2, 0) is 0 Å². The lowest BCUT2D eigenvalue weighted by molar-refractivity contribution is 0.805. The highest BCUT2D eigenvalue weighted by atomic mass is 35.5. The van der Waals surface area contributed by atoms with Gasteiger partial charge in [0.2, 0.25) is 4.80 Å². The van der Waals surface area contributed by atoms with Crippen molar-refractivity contribution >= 4 is 40.8 Å². The molecule has 94 valence electrons. The van der Waals surface area contributed by atoms with E-state index in [0.717, 1.165) is 10.5 Å². The first-order chi connectivity index (χ1) is 8.63. The smallest absolute Gasteiger partial charge is 0.205 e. The molecule has 0 bridgehead atoms. The Morgan fingerprint density at radius 2 is 1.94 bits per heavy atom. The van der Waals surface area contributed by atoms with Gasteiger partial charge in [-0.05, 0) is 19.1 Å². The number of aromatic nitrogens is 1. The molecular weight excluding hydrogens is 289 g/mol. The van der Waals surface area contributed by atoms with Crippen LogP contribution in [-0.4, -0.2) is 17.9 Å². The van der Waals surface area contributed by atoms with Crippen molar-refractivity contribution in [2.24, 2.45) is 10.1 Å². The van der Waals surface area contributed by atoms with Gasteiger partial charge in [-0.3, -0.25) is 4.99 Å². The van der Waals surface area contributed by atoms with E-state index >= 15 is 0 Å². The third-order valence-corrected chi connectivity index (χ3v) is 4.03. The van der Waals surface area contributed by atoms with E-state index in [0.29, 0.717) is 15.6 Å². The fourth-order valence-electron chi connectivity index (χ4n) is 1.43. The van der Waals surface area contributed by atoms with Gasteiger partial charge in [-0.15, -0.1) is 11.3 Å². The summed E-state index contributed by atoms with van der Waals surface area (Å²) in [6.07, 6.45) is 1.65. The Morgan fingerprint density at radius 3 is 2.56 bits per heavy atom. The largest absolute Gasteiger partial charge is 0.261 e. The summed E-state index contributed by atoms with van der Waals surface area (Å²) in [4.78, 5) is 4.98. The average molecular weight is 300 g/mol. The second-order valence-electron chi connectivity index (χ2n) is 3.57. The SMILES string of the molecule is CN=c1scc(C)n1/N=C\c1c(Cl)cccc1Cl. The minimum atomic E-state index is 0.578. The van der Waals surface area contributed by atoms with E-state index in [4.69, 9.17) is 23.2 Å². The summed E-state index contributed by atoms with van der Waals surface area (Å²) in [5.41, 5.74) is 1.72. The van der Waals surface area contributed by atoms with Gasteiger partial charge >= 0.3 is 0 Å². The van der Waals surface area contributed by atoms with Crippen LogP contribution in [0.3, 0.4) is 0 Å². The molecule has 0 unspecified atom stereocenters. The highest BCUT2D eigenvalue weighted by molar-refractivity contribution is 7.07. The lowest BCUT2D eigenvalue weighted by Crippen LogP contribution is -2.11. The molecule has 0 spiro atoms. The predicted octanol–water partition coefficient (Wildman–Crippen LogP) is 3.58. The minimum Gasteiger partial charge on any atom is -0.261 e. The Kier molecular flexibility index (Phi) is 4.22. The zero-order valence-corrected chi connectivity index (χ0v) is 12.2. The monoisotopic (exact) mass is 299 g/mol. The Hall–Kier alpha value is -1.10. The van der Waals surface area contributed by atoms with Crippen LogP contribution in [0.15, 0.2) is 33.7 Å². The maximum atomic E-state index is 6.08. The quantitative estimate of drug-likeness (QED) is 0.759. The standard InChI is InChI=1S/C12H11Cl2N3S/c1-8-7-18-12(15-2)17(8)16-6-9-10(13)4-3-5-11(9)14/h3-7H,1-2H3/b15-12?,16-6-. The normalized spacial score (nSPS) is 12.6. The third kappa shape index (κ3) is 2.66. The van der Waals surface area contributed by atoms with Gasteiger partial charge in [-0.2, -0.15) is 5.10 Å². The fraction of sp³-hybridized carbons (Fsp3) is 0.167. The Morgan fingerprint density at radius 1 is 1.28 bits per heavy atom. The van der Waals surface area contributed by atoms with Gasteiger partial charge < -0.3 is 0 Å². The van der Waals surface area contributed by atoms with Crippen LogP contribution < -0.4 is 4.80 Å². The van der Waals surface area contributed by atoms with Crippen molar-refractivity contribution in [2.75, 3.05) is 7.05 Å². The first kappa shape index (κ1) is 13.3. The number of hydrogen-bond acceptors (Lipinski definition) is 3. The molecule has 0 N–H and O–H groups in total. The summed E-state index contributed by atoms with van der Waals surface area (Å²) in [5, 5.41) is 7.52. The van der Waals surface area contributed by atoms with Crippen molar-refractivity contribution < 1.29 is 0 Å². The van der Waals surface area contributed by atoms with Crippen molar-refractivity contribution in [1.29, 1.82) is 0 Å². The van der Waals surface area contributed by atoms with Crippen molar-refractivity contribution in [3.05, 3.63) is 49.7 Å². The van der Waals surface area contributed by atoms with Crippen LogP contribution in [0.2, 0.25) is 10.0 Å². The predicted molar refractivity (Wildman–Crippen MR) is 78.0 cm³/mol. The lowest BCUT2D eigenvalue weighted by atomic mass is 10.2. The summed E-state index contributed by atoms with van der Waals surface area (Å²) < 4.78 is 1.75. The average Bonchev–Trinajstić information content (AvgIpc) is 2.70. The molecule has 1 aromatic heterocycles. The number of nitrogens with zero attached hydrogens (tertiary/aromatic N) is 3. The van der Waals surface area contributed by atoms with Crippen LogP contribution in [0.1, 0.15) is 11.3 Å². The Balaban J connectivity index is 2.46. The van der Waals surface area contributed by atoms with E-state index in [9.17, 15) is 0 Å². The molecule has 1 heterocycles. The van der Waals surface area contributed by atoms with Gasteiger partial charge in [-0.25, -0.2) is 4.68 Å². The molecule has 6 heteroatoms. The minimum absolute atomic E-state index is 0.578. The van der Waals surface area contributed by atoms with Gasteiger partial charge in [0.25, 0.3) is 0 Å². The molecule has 0 saturated heterocycles. The molecule has 0 amide bonds. The summed E-state index contributed by atoms with van der Waals surface area (Å²) in [6.45, 7) is 1.97. The van der Waals surface area contributed by atoms with E-state index in [2.05, 4.69) is 10.1 Å². The molecule has 0 aliphatic carbocycles. The van der Waals surface area contributed by atoms with Crippen molar-refractivity contribution in [3.63, 3.8) is 0 Å². The fourth-order valence-corrected chi connectivity index (χ4v) is 2.69. The number of hydrogen-bond donors (Lipinski definition) is 0. The third-order valence-electron chi connectivity index (χ3n) is 2.34. The highest BCUT2D eigenvalue weighted by Gasteiger charge is 2.03. The zero-order valence-electron chi connectivity index (χ0n) is 9.89. The van der Waals surface area contributed by atoms with Gasteiger partial charge in [0.1, 0.15) is 0 Å². The maximum Gasteiger partial charge on any atom is 0.205 e. The Labute approximate surface area is 119 Å². The van der Waals surface area contributed by atoms with E-state index in [1.54, 1.807) is 36.1 Å². The van der Waals surface area contributed by atoms with Gasteiger partial charge in [0.15, 0.2) is 0 Å². The molecule has 0 aliphatic rings. The van der Waals surface area contributed by atoms with E-state index in [1.165, 1.54) is 11.3 Å². The van der Waals surface area contributed by atoms with Crippen molar-refractivity contribution in [1.82, 2.24) is 4.68 Å². The first-order valence-corrected chi connectivity index (χ1v) is 6.85. The van der Waals surface area contributed by atoms with E-state index < -0.39 is 0 Å². The second-order valence-corrected chi connectivity index (χ2v) is 5.23. The van der Waals surface area contributed by atoms with Gasteiger partial charge in [0, 0.05) is 18.0 Å². The molecule has 3 nitrogen and oxygen atoms in total. The number of rotatable bonds is 2. The van der Waals surface area contributed by atoms with Crippen LogP contribution >= 0.6 is 34.5 Å². The summed E-state index contributed by atoms with van der Waals surface area (Å²) in [7, 11) is 1.74. The van der Waals surface area contributed by atoms with Crippen LogP contribution in [0.5, 0.6) is 0 Å². The molecule has 1 aromatic carbocycles. The molecule has 0 atom stereocenters. The molecule has 0 fully saturated rings. The summed E-state index contributed by atoms with van der Waals surface area (Å²) in [5.74, 6) is 0. The van der Waals surface area contributed by atoms with Crippen LogP contribution in [0, 0.1) is 6.92 Å². The zero-order chi connectivity index (χ0) is 13.1. The molecule has 18 heavy (non-hydrogen) atoms. The van der Waals surface area contributed by atoms with Gasteiger partial charge in [-0.1, -0.05) is 29.3 Å². The number of benzene rings is 1.